The van der Waals surface area contributed by atoms with Crippen molar-refractivity contribution < 1.29 is 22.7 Å². The van der Waals surface area contributed by atoms with Gasteiger partial charge in [0.05, 0.1) is 22.7 Å². The zero-order chi connectivity index (χ0) is 25.0. The Balaban J connectivity index is 1.39. The van der Waals surface area contributed by atoms with Crippen LogP contribution >= 0.6 is 0 Å². The highest BCUT2D eigenvalue weighted by Crippen LogP contribution is 2.49. The molecule has 4 atom stereocenters. The number of esters is 1. The van der Waals surface area contributed by atoms with E-state index < -0.39 is 22.6 Å². The van der Waals surface area contributed by atoms with Crippen molar-refractivity contribution in [3.63, 3.8) is 0 Å². The normalized spacial score (nSPS) is 21.8. The summed E-state index contributed by atoms with van der Waals surface area (Å²) in [6.45, 7) is 5.34. The van der Waals surface area contributed by atoms with Crippen molar-refractivity contribution in [3.8, 4) is 0 Å². The van der Waals surface area contributed by atoms with Gasteiger partial charge >= 0.3 is 5.97 Å². The Hall–Kier alpha value is -3.13. The number of hydrogen-bond acceptors (Lipinski definition) is 5. The first-order chi connectivity index (χ1) is 16.8. The van der Waals surface area contributed by atoms with Gasteiger partial charge in [0, 0.05) is 6.04 Å². The van der Waals surface area contributed by atoms with Crippen LogP contribution in [-0.2, 0) is 19.6 Å². The van der Waals surface area contributed by atoms with Crippen molar-refractivity contribution in [3.05, 3.63) is 72.8 Å². The quantitative estimate of drug-likeness (QED) is 0.394. The van der Waals surface area contributed by atoms with Gasteiger partial charge in [-0.2, -0.15) is 0 Å². The molecule has 2 aliphatic rings. The van der Waals surface area contributed by atoms with E-state index in [1.54, 1.807) is 30.3 Å². The number of carbonyl (C=O) groups excluding carboxylic acids is 2. The van der Waals surface area contributed by atoms with Crippen LogP contribution in [0.5, 0.6) is 0 Å². The minimum Gasteiger partial charge on any atom is -0.452 e. The number of ether oxygens (including phenoxy) is 1. The first kappa shape index (κ1) is 25.0. The summed E-state index contributed by atoms with van der Waals surface area (Å²) in [6.07, 6.45) is 6.44. The van der Waals surface area contributed by atoms with E-state index in [-0.39, 0.29) is 29.0 Å². The highest BCUT2D eigenvalue weighted by atomic mass is 32.2. The summed E-state index contributed by atoms with van der Waals surface area (Å²) in [6, 6.07) is 14.4. The van der Waals surface area contributed by atoms with Crippen LogP contribution in [0, 0.1) is 17.8 Å². The van der Waals surface area contributed by atoms with E-state index in [0.717, 1.165) is 12.3 Å². The van der Waals surface area contributed by atoms with E-state index in [2.05, 4.69) is 11.9 Å². The molecule has 8 heteroatoms. The highest BCUT2D eigenvalue weighted by molar-refractivity contribution is 7.92. The van der Waals surface area contributed by atoms with Gasteiger partial charge < -0.3 is 10.1 Å². The predicted molar refractivity (Wildman–Crippen MR) is 134 cm³/mol. The van der Waals surface area contributed by atoms with Gasteiger partial charge in [-0.1, -0.05) is 36.8 Å². The van der Waals surface area contributed by atoms with Gasteiger partial charge in [-0.15, -0.1) is 6.58 Å². The molecule has 0 aliphatic heterocycles. The largest absolute Gasteiger partial charge is 0.452 e. The summed E-state index contributed by atoms with van der Waals surface area (Å²) in [5.41, 5.74) is 0.549. The number of fused-ring (bicyclic) bond motifs is 2. The Morgan fingerprint density at radius 3 is 2.57 bits per heavy atom. The summed E-state index contributed by atoms with van der Waals surface area (Å²) in [4.78, 5) is 25.0. The van der Waals surface area contributed by atoms with Crippen LogP contribution in [0.2, 0.25) is 0 Å². The van der Waals surface area contributed by atoms with Crippen LogP contribution in [0.25, 0.3) is 0 Å². The molecule has 2 aliphatic carbocycles. The Kier molecular flexibility index (Phi) is 7.60. The van der Waals surface area contributed by atoms with Gasteiger partial charge in [-0.3, -0.25) is 9.10 Å². The van der Waals surface area contributed by atoms with Crippen molar-refractivity contribution in [2.24, 2.45) is 17.8 Å². The molecule has 0 heterocycles. The SMILES string of the molecule is C=CCN(c1ccccc1)S(=O)(=O)c1cccc(C(=O)OCC(=O)N[C@H](C)[C@H]2C[C@H]3CC[C@H]2C3)c1. The third-order valence-corrected chi connectivity index (χ3v) is 8.94. The fourth-order valence-corrected chi connectivity index (χ4v) is 6.97. The molecule has 2 aromatic rings. The lowest BCUT2D eigenvalue weighted by atomic mass is 9.84. The molecule has 186 valence electrons. The van der Waals surface area contributed by atoms with Gasteiger partial charge in [0.25, 0.3) is 15.9 Å². The maximum Gasteiger partial charge on any atom is 0.338 e. The molecule has 35 heavy (non-hydrogen) atoms. The van der Waals surface area contributed by atoms with Crippen molar-refractivity contribution >= 4 is 27.6 Å². The zero-order valence-corrected chi connectivity index (χ0v) is 20.7. The molecule has 0 unspecified atom stereocenters. The van der Waals surface area contributed by atoms with Crippen molar-refractivity contribution in [2.45, 2.75) is 43.5 Å². The Morgan fingerprint density at radius 1 is 1.14 bits per heavy atom. The fraction of sp³-hybridized carbons (Fsp3) is 0.407. The predicted octanol–water partition coefficient (Wildman–Crippen LogP) is 4.17. The smallest absolute Gasteiger partial charge is 0.338 e. The molecule has 0 saturated heterocycles. The minimum absolute atomic E-state index is 0.0406. The van der Waals surface area contributed by atoms with Crippen LogP contribution in [-0.4, -0.2) is 39.5 Å². The van der Waals surface area contributed by atoms with E-state index in [9.17, 15) is 18.0 Å². The molecule has 2 fully saturated rings. The topological polar surface area (TPSA) is 92.8 Å². The van der Waals surface area contributed by atoms with Gasteiger partial charge in [0.1, 0.15) is 0 Å². The van der Waals surface area contributed by atoms with Gasteiger partial charge in [0.2, 0.25) is 0 Å². The first-order valence-electron chi connectivity index (χ1n) is 12.0. The van der Waals surface area contributed by atoms with Crippen molar-refractivity contribution in [2.75, 3.05) is 17.5 Å². The molecular weight excluding hydrogens is 464 g/mol. The van der Waals surface area contributed by atoms with E-state index in [1.807, 2.05) is 6.92 Å². The summed E-state index contributed by atoms with van der Waals surface area (Å²) in [5, 5.41) is 2.97. The number of benzene rings is 2. The maximum atomic E-state index is 13.3. The molecule has 2 bridgehead atoms. The van der Waals surface area contributed by atoms with E-state index in [4.69, 9.17) is 4.74 Å². The van der Waals surface area contributed by atoms with E-state index in [0.29, 0.717) is 17.5 Å². The Morgan fingerprint density at radius 2 is 1.91 bits per heavy atom. The zero-order valence-electron chi connectivity index (χ0n) is 19.9. The molecule has 1 N–H and O–H groups in total. The number of rotatable bonds is 10. The lowest BCUT2D eigenvalue weighted by Crippen LogP contribution is -2.42. The lowest BCUT2D eigenvalue weighted by molar-refractivity contribution is -0.125. The van der Waals surface area contributed by atoms with Gasteiger partial charge in [-0.05, 0) is 74.3 Å². The molecule has 7 nitrogen and oxygen atoms in total. The van der Waals surface area contributed by atoms with Crippen molar-refractivity contribution in [1.29, 1.82) is 0 Å². The first-order valence-corrected chi connectivity index (χ1v) is 13.5. The number of carbonyl (C=O) groups is 2. The Bertz CT molecular complexity index is 1180. The molecular formula is C27H32N2O5S. The second-order valence-corrected chi connectivity index (χ2v) is 11.3. The minimum atomic E-state index is -3.96. The molecule has 0 spiro atoms. The summed E-state index contributed by atoms with van der Waals surface area (Å²) < 4.78 is 33.1. The van der Waals surface area contributed by atoms with Crippen LogP contribution in [0.15, 0.2) is 72.1 Å². The molecule has 0 radical (unpaired) electrons. The van der Waals surface area contributed by atoms with Crippen LogP contribution in [0.4, 0.5) is 5.69 Å². The lowest BCUT2D eigenvalue weighted by Gasteiger charge is -2.28. The van der Waals surface area contributed by atoms with Crippen LogP contribution in [0.1, 0.15) is 43.0 Å². The average Bonchev–Trinajstić information content (AvgIpc) is 3.50. The number of para-hydroxylation sites is 1. The van der Waals surface area contributed by atoms with E-state index >= 15 is 0 Å². The van der Waals surface area contributed by atoms with Gasteiger partial charge in [0.15, 0.2) is 6.61 Å². The average molecular weight is 497 g/mol. The monoisotopic (exact) mass is 496 g/mol. The highest BCUT2D eigenvalue weighted by Gasteiger charge is 2.42. The molecule has 4 rings (SSSR count). The molecule has 2 aromatic carbocycles. The van der Waals surface area contributed by atoms with E-state index in [1.165, 1.54) is 53.9 Å². The Labute approximate surface area is 207 Å². The standard InChI is InChI=1S/C27H32N2O5S/c1-3-14-29(23-9-5-4-6-10-23)35(32,33)24-11-7-8-22(17-24)27(31)34-18-26(30)28-19(2)25-16-20-12-13-21(25)15-20/h3-11,17,19-21,25H,1,12-16,18H2,2H3,(H,28,30)/t19-,20+,21+,25-/m1/s1. The molecule has 1 amide bonds. The van der Waals surface area contributed by atoms with Crippen molar-refractivity contribution in [1.82, 2.24) is 5.32 Å². The third-order valence-electron chi connectivity index (χ3n) is 7.15. The van der Waals surface area contributed by atoms with Gasteiger partial charge in [-0.25, -0.2) is 13.2 Å². The number of anilines is 1. The fourth-order valence-electron chi connectivity index (χ4n) is 5.49. The second-order valence-electron chi connectivity index (χ2n) is 9.46. The van der Waals surface area contributed by atoms with Crippen LogP contribution in [0.3, 0.4) is 0 Å². The summed E-state index contributed by atoms with van der Waals surface area (Å²) >= 11 is 0. The number of amides is 1. The molecule has 2 saturated carbocycles. The number of nitrogens with zero attached hydrogens (tertiary/aromatic N) is 1. The number of hydrogen-bond donors (Lipinski definition) is 1. The molecule has 0 aromatic heterocycles. The number of sulfonamides is 1. The second kappa shape index (κ2) is 10.6. The summed E-state index contributed by atoms with van der Waals surface area (Å²) in [7, 11) is -3.96. The third kappa shape index (κ3) is 5.59. The van der Waals surface area contributed by atoms with Crippen LogP contribution < -0.4 is 9.62 Å². The summed E-state index contributed by atoms with van der Waals surface area (Å²) in [5.74, 6) is 0.853. The maximum absolute atomic E-state index is 13.3. The number of nitrogens with one attached hydrogen (secondary N) is 1.